The first kappa shape index (κ1) is 15.9. The predicted octanol–water partition coefficient (Wildman–Crippen LogP) is 3.13. The van der Waals surface area contributed by atoms with E-state index in [0.29, 0.717) is 28.8 Å². The van der Waals surface area contributed by atoms with E-state index in [9.17, 15) is 9.59 Å². The second-order valence-corrected chi connectivity index (χ2v) is 5.92. The zero-order chi connectivity index (χ0) is 15.4. The van der Waals surface area contributed by atoms with Gasteiger partial charge in [0.25, 0.3) is 0 Å². The van der Waals surface area contributed by atoms with Crippen molar-refractivity contribution in [3.8, 4) is 0 Å². The van der Waals surface area contributed by atoms with Crippen molar-refractivity contribution >= 4 is 40.8 Å². The van der Waals surface area contributed by atoms with Crippen molar-refractivity contribution in [1.29, 1.82) is 0 Å². The molecule has 7 heteroatoms. The first-order valence-electron chi connectivity index (χ1n) is 6.73. The Morgan fingerprint density at radius 1 is 1.14 bits per heavy atom. The van der Waals surface area contributed by atoms with Crippen molar-refractivity contribution in [1.82, 2.24) is 10.2 Å². The molecule has 2 N–H and O–H groups in total. The van der Waals surface area contributed by atoms with E-state index < -0.39 is 0 Å². The Morgan fingerprint density at radius 3 is 2.24 bits per heavy atom. The Hall–Kier alpha value is -1.46. The SMILES string of the molecule is CC(=O)NC1CCN(C(=O)Nc2cc(Cl)cc(Cl)c2)CC1. The van der Waals surface area contributed by atoms with E-state index in [4.69, 9.17) is 23.2 Å². The number of anilines is 1. The van der Waals surface area contributed by atoms with Crippen molar-refractivity contribution in [2.75, 3.05) is 18.4 Å². The van der Waals surface area contributed by atoms with E-state index in [1.54, 1.807) is 23.1 Å². The lowest BCUT2D eigenvalue weighted by molar-refractivity contribution is -0.119. The van der Waals surface area contributed by atoms with Crippen LogP contribution in [-0.4, -0.2) is 36.0 Å². The molecule has 1 aromatic carbocycles. The molecule has 0 radical (unpaired) electrons. The number of benzene rings is 1. The van der Waals surface area contributed by atoms with Crippen LogP contribution in [0.15, 0.2) is 18.2 Å². The number of hydrogen-bond donors (Lipinski definition) is 2. The van der Waals surface area contributed by atoms with E-state index in [1.807, 2.05) is 0 Å². The van der Waals surface area contributed by atoms with Crippen LogP contribution >= 0.6 is 23.2 Å². The number of nitrogens with zero attached hydrogens (tertiary/aromatic N) is 1. The van der Waals surface area contributed by atoms with Gasteiger partial charge in [0.05, 0.1) is 0 Å². The smallest absolute Gasteiger partial charge is 0.321 e. The molecule has 1 aliphatic heterocycles. The van der Waals surface area contributed by atoms with Gasteiger partial charge >= 0.3 is 6.03 Å². The third-order valence-corrected chi connectivity index (χ3v) is 3.74. The number of nitrogens with one attached hydrogen (secondary N) is 2. The van der Waals surface area contributed by atoms with Crippen LogP contribution < -0.4 is 10.6 Å². The summed E-state index contributed by atoms with van der Waals surface area (Å²) in [6.07, 6.45) is 1.51. The van der Waals surface area contributed by atoms with Gasteiger partial charge in [-0.25, -0.2) is 4.79 Å². The van der Waals surface area contributed by atoms with Crippen molar-refractivity contribution in [2.24, 2.45) is 0 Å². The summed E-state index contributed by atoms with van der Waals surface area (Å²) in [5, 5.41) is 6.60. The molecule has 0 unspecified atom stereocenters. The number of halogens is 2. The second-order valence-electron chi connectivity index (χ2n) is 5.05. The molecule has 21 heavy (non-hydrogen) atoms. The molecule has 1 saturated heterocycles. The summed E-state index contributed by atoms with van der Waals surface area (Å²) in [5.41, 5.74) is 0.571. The average molecular weight is 330 g/mol. The van der Waals surface area contributed by atoms with Crippen LogP contribution in [-0.2, 0) is 4.79 Å². The first-order chi connectivity index (χ1) is 9.94. The third-order valence-electron chi connectivity index (χ3n) is 3.30. The van der Waals surface area contributed by atoms with Gasteiger partial charge < -0.3 is 15.5 Å². The highest BCUT2D eigenvalue weighted by molar-refractivity contribution is 6.35. The highest BCUT2D eigenvalue weighted by atomic mass is 35.5. The Morgan fingerprint density at radius 2 is 1.71 bits per heavy atom. The highest BCUT2D eigenvalue weighted by Gasteiger charge is 2.23. The molecule has 114 valence electrons. The van der Waals surface area contributed by atoms with Crippen molar-refractivity contribution < 1.29 is 9.59 Å². The summed E-state index contributed by atoms with van der Waals surface area (Å²) >= 11 is 11.8. The molecule has 0 aromatic heterocycles. The van der Waals surface area contributed by atoms with E-state index >= 15 is 0 Å². The topological polar surface area (TPSA) is 61.4 Å². The molecule has 1 fully saturated rings. The summed E-state index contributed by atoms with van der Waals surface area (Å²) < 4.78 is 0. The minimum Gasteiger partial charge on any atom is -0.353 e. The van der Waals surface area contributed by atoms with E-state index in [2.05, 4.69) is 10.6 Å². The quantitative estimate of drug-likeness (QED) is 0.875. The summed E-state index contributed by atoms with van der Waals surface area (Å²) in [6, 6.07) is 4.87. The van der Waals surface area contributed by atoms with Gasteiger partial charge in [-0.05, 0) is 31.0 Å². The molecular weight excluding hydrogens is 313 g/mol. The average Bonchev–Trinajstić information content (AvgIpc) is 2.37. The Kier molecular flexibility index (Phi) is 5.31. The normalized spacial score (nSPS) is 15.7. The Labute approximate surface area is 133 Å². The molecule has 0 aliphatic carbocycles. The molecular formula is C14H17Cl2N3O2. The van der Waals surface area contributed by atoms with E-state index in [1.165, 1.54) is 6.92 Å². The first-order valence-corrected chi connectivity index (χ1v) is 7.49. The molecule has 3 amide bonds. The maximum atomic E-state index is 12.2. The maximum absolute atomic E-state index is 12.2. The van der Waals surface area contributed by atoms with E-state index in [-0.39, 0.29) is 18.0 Å². The molecule has 2 rings (SSSR count). The van der Waals surface area contributed by atoms with Crippen LogP contribution in [0.1, 0.15) is 19.8 Å². The van der Waals surface area contributed by atoms with Crippen molar-refractivity contribution in [3.63, 3.8) is 0 Å². The number of hydrogen-bond acceptors (Lipinski definition) is 2. The molecule has 5 nitrogen and oxygen atoms in total. The van der Waals surface area contributed by atoms with Crippen LogP contribution in [0, 0.1) is 0 Å². The van der Waals surface area contributed by atoms with Gasteiger partial charge in [0.1, 0.15) is 0 Å². The zero-order valence-corrected chi connectivity index (χ0v) is 13.2. The molecule has 0 bridgehead atoms. The minimum absolute atomic E-state index is 0.0357. The number of likely N-dealkylation sites (tertiary alicyclic amines) is 1. The van der Waals surface area contributed by atoms with Crippen LogP contribution in [0.3, 0.4) is 0 Å². The lowest BCUT2D eigenvalue weighted by Gasteiger charge is -2.32. The van der Waals surface area contributed by atoms with Crippen LogP contribution in [0.2, 0.25) is 10.0 Å². The van der Waals surface area contributed by atoms with Crippen molar-refractivity contribution in [3.05, 3.63) is 28.2 Å². The number of piperidine rings is 1. The van der Waals surface area contributed by atoms with Crippen LogP contribution in [0.25, 0.3) is 0 Å². The molecule has 0 atom stereocenters. The molecule has 0 spiro atoms. The fourth-order valence-corrected chi connectivity index (χ4v) is 2.87. The molecule has 0 saturated carbocycles. The van der Waals surface area contributed by atoms with Crippen LogP contribution in [0.5, 0.6) is 0 Å². The fourth-order valence-electron chi connectivity index (χ4n) is 2.34. The number of carbonyl (C=O) groups excluding carboxylic acids is 2. The minimum atomic E-state index is -0.186. The van der Waals surface area contributed by atoms with Gasteiger partial charge in [0.15, 0.2) is 0 Å². The van der Waals surface area contributed by atoms with Gasteiger partial charge in [-0.3, -0.25) is 4.79 Å². The van der Waals surface area contributed by atoms with Gasteiger partial charge in [-0.1, -0.05) is 23.2 Å². The van der Waals surface area contributed by atoms with Crippen molar-refractivity contribution in [2.45, 2.75) is 25.8 Å². The van der Waals surface area contributed by atoms with Gasteiger partial charge in [0.2, 0.25) is 5.91 Å². The summed E-state index contributed by atoms with van der Waals surface area (Å²) in [4.78, 5) is 24.9. The third kappa shape index (κ3) is 4.79. The molecule has 1 aromatic rings. The molecule has 1 aliphatic rings. The summed E-state index contributed by atoms with van der Waals surface area (Å²) in [7, 11) is 0. The van der Waals surface area contributed by atoms with Crippen LogP contribution in [0.4, 0.5) is 10.5 Å². The summed E-state index contributed by atoms with van der Waals surface area (Å²) in [5.74, 6) is -0.0357. The highest BCUT2D eigenvalue weighted by Crippen LogP contribution is 2.23. The number of carbonyl (C=O) groups is 2. The Balaban J connectivity index is 1.88. The largest absolute Gasteiger partial charge is 0.353 e. The fraction of sp³-hybridized carbons (Fsp3) is 0.429. The lowest BCUT2D eigenvalue weighted by atomic mass is 10.1. The summed E-state index contributed by atoms with van der Waals surface area (Å²) in [6.45, 7) is 2.71. The maximum Gasteiger partial charge on any atom is 0.321 e. The number of rotatable bonds is 2. The monoisotopic (exact) mass is 329 g/mol. The van der Waals surface area contributed by atoms with E-state index in [0.717, 1.165) is 12.8 Å². The molecule has 1 heterocycles. The predicted molar refractivity (Wildman–Crippen MR) is 83.9 cm³/mol. The van der Waals surface area contributed by atoms with Gasteiger partial charge in [-0.2, -0.15) is 0 Å². The Bertz CT molecular complexity index is 523. The number of amides is 3. The second kappa shape index (κ2) is 7.00. The standard InChI is InChI=1S/C14H17Cl2N3O2/c1-9(20)17-12-2-4-19(5-3-12)14(21)18-13-7-10(15)6-11(16)8-13/h6-8,12H,2-5H2,1H3,(H,17,20)(H,18,21). The zero-order valence-electron chi connectivity index (χ0n) is 11.7. The van der Waals surface area contributed by atoms with Gasteiger partial charge in [0, 0.05) is 41.8 Å². The van der Waals surface area contributed by atoms with Gasteiger partial charge in [-0.15, -0.1) is 0 Å². The lowest BCUT2D eigenvalue weighted by Crippen LogP contribution is -2.47. The number of urea groups is 1.